The number of nitrogens with one attached hydrogen (secondary N) is 2. The van der Waals surface area contributed by atoms with Crippen LogP contribution >= 0.6 is 0 Å². The second kappa shape index (κ2) is 9.80. The van der Waals surface area contributed by atoms with Gasteiger partial charge in [-0.05, 0) is 36.9 Å². The highest BCUT2D eigenvalue weighted by atomic mass is 16.5. The van der Waals surface area contributed by atoms with Crippen molar-refractivity contribution in [1.29, 1.82) is 0 Å². The molecule has 0 unspecified atom stereocenters. The third-order valence-electron chi connectivity index (χ3n) is 7.07. The Morgan fingerprint density at radius 1 is 0.897 bits per heavy atom. The van der Waals surface area contributed by atoms with E-state index in [1.165, 1.54) is 0 Å². The number of imidazole rings is 1. The number of anilines is 1. The fraction of sp³-hybridized carbons (Fsp3) is 0.207. The highest BCUT2D eigenvalue weighted by molar-refractivity contribution is 5.94. The number of benzene rings is 1. The predicted octanol–water partition coefficient (Wildman–Crippen LogP) is 4.29. The van der Waals surface area contributed by atoms with Crippen molar-refractivity contribution in [3.63, 3.8) is 0 Å². The number of nitrogens with zero attached hydrogens (tertiary/aromatic N) is 7. The molecule has 1 aliphatic rings. The lowest BCUT2D eigenvalue weighted by Crippen LogP contribution is -2.44. The Bertz CT molecular complexity index is 1750. The van der Waals surface area contributed by atoms with Gasteiger partial charge in [-0.25, -0.2) is 15.0 Å². The average Bonchev–Trinajstić information content (AvgIpc) is 3.61. The summed E-state index contributed by atoms with van der Waals surface area (Å²) in [6, 6.07) is 17.9. The summed E-state index contributed by atoms with van der Waals surface area (Å²) in [5.74, 6) is 2.24. The maximum Gasteiger partial charge on any atom is 0.161 e. The minimum absolute atomic E-state index is 0.474. The van der Waals surface area contributed by atoms with Crippen LogP contribution in [0.3, 0.4) is 0 Å². The van der Waals surface area contributed by atoms with E-state index in [2.05, 4.69) is 42.0 Å². The molecule has 10 heteroatoms. The smallest absolute Gasteiger partial charge is 0.161 e. The fourth-order valence-electron chi connectivity index (χ4n) is 4.89. The summed E-state index contributed by atoms with van der Waals surface area (Å²) in [5, 5.41) is 7.66. The molecule has 6 heterocycles. The van der Waals surface area contributed by atoms with Crippen molar-refractivity contribution in [2.45, 2.75) is 6.61 Å². The largest absolute Gasteiger partial charge is 0.487 e. The molecule has 0 radical (unpaired) electrons. The van der Waals surface area contributed by atoms with Gasteiger partial charge in [-0.3, -0.25) is 10.1 Å². The van der Waals surface area contributed by atoms with E-state index in [-0.39, 0.29) is 0 Å². The van der Waals surface area contributed by atoms with Gasteiger partial charge in [-0.1, -0.05) is 30.3 Å². The molecule has 0 bridgehead atoms. The number of piperazine rings is 1. The zero-order chi connectivity index (χ0) is 26.2. The molecule has 0 spiro atoms. The minimum Gasteiger partial charge on any atom is -0.487 e. The van der Waals surface area contributed by atoms with Crippen LogP contribution in [0.5, 0.6) is 5.75 Å². The lowest BCUT2D eigenvalue weighted by molar-refractivity contribution is 0.305. The van der Waals surface area contributed by atoms with Gasteiger partial charge in [0.15, 0.2) is 17.3 Å². The van der Waals surface area contributed by atoms with Crippen molar-refractivity contribution in [3.05, 3.63) is 78.8 Å². The van der Waals surface area contributed by atoms with E-state index in [4.69, 9.17) is 14.7 Å². The second-order valence-corrected chi connectivity index (χ2v) is 9.75. The molecule has 5 aromatic heterocycles. The molecule has 0 aliphatic carbocycles. The number of aromatic amines is 2. The first-order chi connectivity index (χ1) is 19.2. The van der Waals surface area contributed by atoms with Gasteiger partial charge < -0.3 is 19.5 Å². The van der Waals surface area contributed by atoms with E-state index in [1.807, 2.05) is 60.8 Å². The van der Waals surface area contributed by atoms with Crippen LogP contribution in [-0.2, 0) is 6.61 Å². The Labute approximate surface area is 224 Å². The molecule has 0 atom stereocenters. The Hall–Kier alpha value is -4.83. The maximum absolute atomic E-state index is 5.98. The first-order valence-corrected chi connectivity index (χ1v) is 13.0. The van der Waals surface area contributed by atoms with E-state index in [0.717, 1.165) is 70.9 Å². The van der Waals surface area contributed by atoms with Crippen LogP contribution in [0.25, 0.3) is 44.8 Å². The van der Waals surface area contributed by atoms with Crippen LogP contribution in [0.1, 0.15) is 5.56 Å². The van der Waals surface area contributed by atoms with Gasteiger partial charge in [-0.15, -0.1) is 0 Å². The minimum atomic E-state index is 0.474. The molecule has 10 nitrogen and oxygen atoms in total. The number of pyridine rings is 3. The number of rotatable bonds is 6. The van der Waals surface area contributed by atoms with Crippen LogP contribution in [0.2, 0.25) is 0 Å². The van der Waals surface area contributed by atoms with Crippen LogP contribution in [0.15, 0.2) is 73.2 Å². The molecular weight excluding hydrogens is 490 g/mol. The molecule has 1 saturated heterocycles. The van der Waals surface area contributed by atoms with Gasteiger partial charge >= 0.3 is 0 Å². The highest BCUT2D eigenvalue weighted by Crippen LogP contribution is 2.31. The van der Waals surface area contributed by atoms with E-state index < -0.39 is 0 Å². The number of likely N-dealkylation sites (N-methyl/N-ethyl adjacent to an activating group) is 1. The number of ether oxygens (including phenoxy) is 1. The standard InChI is InChI=1S/C29H27N9O/c1-37-11-13-38(14-12-37)29-26-23(9-10-31-29)33-28(34-26)27-25-24(35-36-27)8-7-22(32-25)20-15-21(17-30-16-20)39-18-19-5-3-2-4-6-19/h2-10,15-17H,11-14,18H2,1H3,(H,33,34)(H,35,36). The summed E-state index contributed by atoms with van der Waals surface area (Å²) >= 11 is 0. The summed E-state index contributed by atoms with van der Waals surface area (Å²) in [5.41, 5.74) is 6.73. The average molecular weight is 518 g/mol. The second-order valence-electron chi connectivity index (χ2n) is 9.75. The van der Waals surface area contributed by atoms with Gasteiger partial charge in [0.2, 0.25) is 0 Å². The fourth-order valence-corrected chi connectivity index (χ4v) is 4.89. The van der Waals surface area contributed by atoms with E-state index in [0.29, 0.717) is 23.9 Å². The molecule has 1 aliphatic heterocycles. The van der Waals surface area contributed by atoms with Gasteiger partial charge in [0.1, 0.15) is 23.4 Å². The number of fused-ring (bicyclic) bond motifs is 2. The number of hydrogen-bond acceptors (Lipinski definition) is 8. The molecule has 194 valence electrons. The molecule has 2 N–H and O–H groups in total. The van der Waals surface area contributed by atoms with Crippen molar-refractivity contribution in [2.24, 2.45) is 0 Å². The van der Waals surface area contributed by atoms with Crippen molar-refractivity contribution in [3.8, 4) is 28.5 Å². The molecule has 1 aromatic carbocycles. The Balaban J connectivity index is 1.20. The van der Waals surface area contributed by atoms with Gasteiger partial charge in [0.05, 0.1) is 22.9 Å². The topological polar surface area (TPSA) is 112 Å². The number of hydrogen-bond donors (Lipinski definition) is 2. The Morgan fingerprint density at radius 3 is 2.64 bits per heavy atom. The van der Waals surface area contributed by atoms with Crippen molar-refractivity contribution in [1.82, 2.24) is 40.0 Å². The van der Waals surface area contributed by atoms with Gasteiger partial charge in [0.25, 0.3) is 0 Å². The lowest BCUT2D eigenvalue weighted by atomic mass is 10.1. The molecule has 6 aromatic rings. The summed E-state index contributed by atoms with van der Waals surface area (Å²) in [6.45, 7) is 4.31. The van der Waals surface area contributed by atoms with Crippen LogP contribution < -0.4 is 9.64 Å². The SMILES string of the molecule is CN1CCN(c2nccc3[nH]c(-c4n[nH]c5ccc(-c6cncc(OCc7ccccc7)c6)nc45)nc23)CC1. The number of H-pyrrole nitrogens is 2. The third-order valence-corrected chi connectivity index (χ3v) is 7.07. The first kappa shape index (κ1) is 23.3. The van der Waals surface area contributed by atoms with Crippen LogP contribution in [0.4, 0.5) is 5.82 Å². The van der Waals surface area contributed by atoms with Crippen LogP contribution in [0, 0.1) is 0 Å². The summed E-state index contributed by atoms with van der Waals surface area (Å²) < 4.78 is 5.98. The zero-order valence-electron chi connectivity index (χ0n) is 21.5. The summed E-state index contributed by atoms with van der Waals surface area (Å²) in [7, 11) is 2.14. The lowest BCUT2D eigenvalue weighted by Gasteiger charge is -2.33. The Morgan fingerprint density at radius 2 is 1.77 bits per heavy atom. The van der Waals surface area contributed by atoms with Crippen molar-refractivity contribution < 1.29 is 4.74 Å². The van der Waals surface area contributed by atoms with Crippen molar-refractivity contribution in [2.75, 3.05) is 38.1 Å². The summed E-state index contributed by atoms with van der Waals surface area (Å²) in [4.78, 5) is 27.0. The molecule has 0 saturated carbocycles. The highest BCUT2D eigenvalue weighted by Gasteiger charge is 2.21. The van der Waals surface area contributed by atoms with Crippen molar-refractivity contribution >= 4 is 27.9 Å². The van der Waals surface area contributed by atoms with E-state index >= 15 is 0 Å². The predicted molar refractivity (Wildman–Crippen MR) is 150 cm³/mol. The van der Waals surface area contributed by atoms with Gasteiger partial charge in [-0.2, -0.15) is 5.10 Å². The molecule has 0 amide bonds. The van der Waals surface area contributed by atoms with Gasteiger partial charge in [0, 0.05) is 44.1 Å². The first-order valence-electron chi connectivity index (χ1n) is 13.0. The number of aromatic nitrogens is 7. The molecule has 7 rings (SSSR count). The third kappa shape index (κ3) is 4.55. The maximum atomic E-state index is 5.98. The quantitative estimate of drug-likeness (QED) is 0.337. The normalized spacial score (nSPS) is 14.3. The van der Waals surface area contributed by atoms with E-state index in [1.54, 1.807) is 12.4 Å². The van der Waals surface area contributed by atoms with Crippen LogP contribution in [-0.4, -0.2) is 73.2 Å². The summed E-state index contributed by atoms with van der Waals surface area (Å²) in [6.07, 6.45) is 5.34. The molecule has 1 fully saturated rings. The molecule has 39 heavy (non-hydrogen) atoms. The zero-order valence-corrected chi connectivity index (χ0v) is 21.5. The van der Waals surface area contributed by atoms with E-state index in [9.17, 15) is 0 Å². The Kier molecular flexibility index (Phi) is 5.86. The monoisotopic (exact) mass is 517 g/mol. The molecular formula is C29H27N9O.